The van der Waals surface area contributed by atoms with Gasteiger partial charge in [-0.05, 0) is 60.4 Å². The summed E-state index contributed by atoms with van der Waals surface area (Å²) in [7, 11) is -2.34. The molecule has 3 rings (SSSR count). The van der Waals surface area contributed by atoms with Gasteiger partial charge in [-0.3, -0.25) is 13.9 Å². The molecule has 1 atom stereocenters. The number of rotatable bonds is 10. The number of hydrogen-bond acceptors (Lipinski definition) is 4. The number of carbonyl (C=O) groups is 2. The van der Waals surface area contributed by atoms with Crippen molar-refractivity contribution in [3.05, 3.63) is 101 Å². The van der Waals surface area contributed by atoms with Gasteiger partial charge < -0.3 is 10.2 Å². The zero-order valence-electron chi connectivity index (χ0n) is 21.4. The molecule has 0 unspecified atom stereocenters. The molecule has 9 heteroatoms. The van der Waals surface area contributed by atoms with Gasteiger partial charge in [0.2, 0.25) is 21.8 Å². The van der Waals surface area contributed by atoms with Gasteiger partial charge in [-0.1, -0.05) is 48.5 Å². The fourth-order valence-corrected chi connectivity index (χ4v) is 4.84. The third-order valence-electron chi connectivity index (χ3n) is 6.24. The van der Waals surface area contributed by atoms with Crippen LogP contribution >= 0.6 is 0 Å². The molecule has 7 nitrogen and oxygen atoms in total. The number of halogens is 1. The molecule has 3 aromatic rings. The fraction of sp³-hybridized carbons (Fsp3) is 0.286. The van der Waals surface area contributed by atoms with E-state index < -0.39 is 40.2 Å². The number of benzene rings is 3. The first-order valence-corrected chi connectivity index (χ1v) is 13.7. The van der Waals surface area contributed by atoms with Crippen LogP contribution in [0.25, 0.3) is 0 Å². The lowest BCUT2D eigenvalue weighted by molar-refractivity contribution is -0.139. The molecular weight excluding hydrogens is 493 g/mol. The molecule has 0 bridgehead atoms. The number of sulfonamides is 1. The second-order valence-electron chi connectivity index (χ2n) is 9.01. The van der Waals surface area contributed by atoms with Crippen LogP contribution < -0.4 is 9.62 Å². The van der Waals surface area contributed by atoms with Gasteiger partial charge in [0.05, 0.1) is 11.9 Å². The molecule has 3 aromatic carbocycles. The molecule has 196 valence electrons. The summed E-state index contributed by atoms with van der Waals surface area (Å²) in [5.41, 5.74) is 3.68. The average molecular weight is 526 g/mol. The molecule has 0 radical (unpaired) electrons. The lowest BCUT2D eigenvalue weighted by atomic mass is 10.0. The summed E-state index contributed by atoms with van der Waals surface area (Å²) in [4.78, 5) is 28.2. The quantitative estimate of drug-likeness (QED) is 0.438. The molecule has 0 spiro atoms. The van der Waals surface area contributed by atoms with Crippen LogP contribution in [0.1, 0.15) is 22.3 Å². The van der Waals surface area contributed by atoms with Crippen molar-refractivity contribution in [3.8, 4) is 0 Å². The minimum atomic E-state index is -3.83. The number of amides is 2. The van der Waals surface area contributed by atoms with E-state index in [0.29, 0.717) is 11.3 Å². The summed E-state index contributed by atoms with van der Waals surface area (Å²) in [5.74, 6) is -1.37. The molecule has 0 heterocycles. The third kappa shape index (κ3) is 7.39. The van der Waals surface area contributed by atoms with Gasteiger partial charge in [0, 0.05) is 20.0 Å². The number of hydrogen-bond donors (Lipinski definition) is 1. The van der Waals surface area contributed by atoms with Crippen molar-refractivity contribution in [2.75, 3.05) is 24.2 Å². The van der Waals surface area contributed by atoms with E-state index in [1.165, 1.54) is 36.2 Å². The largest absolute Gasteiger partial charge is 0.357 e. The normalized spacial score (nSPS) is 12.0. The van der Waals surface area contributed by atoms with E-state index in [-0.39, 0.29) is 13.0 Å². The van der Waals surface area contributed by atoms with Crippen LogP contribution in [0, 0.1) is 19.7 Å². The Kier molecular flexibility index (Phi) is 9.04. The van der Waals surface area contributed by atoms with Crippen molar-refractivity contribution in [2.24, 2.45) is 0 Å². The van der Waals surface area contributed by atoms with Gasteiger partial charge >= 0.3 is 0 Å². The zero-order valence-corrected chi connectivity index (χ0v) is 22.3. The summed E-state index contributed by atoms with van der Waals surface area (Å²) in [6.07, 6.45) is 1.26. The van der Waals surface area contributed by atoms with E-state index >= 15 is 0 Å². The number of likely N-dealkylation sites (N-methyl/N-ethyl adjacent to an activating group) is 1. The van der Waals surface area contributed by atoms with Crippen LogP contribution in [0.3, 0.4) is 0 Å². The number of nitrogens with zero attached hydrogens (tertiary/aromatic N) is 2. The van der Waals surface area contributed by atoms with Crippen molar-refractivity contribution in [1.82, 2.24) is 10.2 Å². The van der Waals surface area contributed by atoms with Crippen molar-refractivity contribution >= 4 is 27.5 Å². The smallest absolute Gasteiger partial charge is 0.244 e. The van der Waals surface area contributed by atoms with Crippen LogP contribution in [0.15, 0.2) is 72.8 Å². The van der Waals surface area contributed by atoms with Crippen LogP contribution in [0.4, 0.5) is 10.1 Å². The Bertz CT molecular complexity index is 1350. The standard InChI is InChI=1S/C28H32FN3O4S/c1-20-10-15-25(16-21(20)2)32(37(4,35)36)19-27(33)31(18-23-11-13-24(29)14-12-23)26(28(34)30-3)17-22-8-6-5-7-9-22/h5-16,26H,17-19H2,1-4H3,(H,30,34)/t26-/m1/s1. The Morgan fingerprint density at radius 1 is 0.919 bits per heavy atom. The molecule has 0 saturated carbocycles. The lowest BCUT2D eigenvalue weighted by Crippen LogP contribution is -2.52. The first-order valence-electron chi connectivity index (χ1n) is 11.8. The maximum atomic E-state index is 13.8. The zero-order chi connectivity index (χ0) is 27.2. The lowest BCUT2D eigenvalue weighted by Gasteiger charge is -2.33. The Balaban J connectivity index is 2.03. The summed E-state index contributed by atoms with van der Waals surface area (Å²) < 4.78 is 40.1. The van der Waals surface area contributed by atoms with Gasteiger partial charge in [0.15, 0.2) is 0 Å². The molecule has 0 fully saturated rings. The molecule has 1 N–H and O–H groups in total. The van der Waals surface area contributed by atoms with Gasteiger partial charge in [-0.2, -0.15) is 0 Å². The van der Waals surface area contributed by atoms with Crippen molar-refractivity contribution in [2.45, 2.75) is 32.9 Å². The van der Waals surface area contributed by atoms with Crippen molar-refractivity contribution in [3.63, 3.8) is 0 Å². The van der Waals surface area contributed by atoms with E-state index in [2.05, 4.69) is 5.32 Å². The second kappa shape index (κ2) is 12.0. The molecule has 0 aromatic heterocycles. The number of carbonyl (C=O) groups excluding carboxylic acids is 2. The average Bonchev–Trinajstić information content (AvgIpc) is 2.87. The predicted octanol–water partition coefficient (Wildman–Crippen LogP) is 3.59. The number of nitrogens with one attached hydrogen (secondary N) is 1. The van der Waals surface area contributed by atoms with Gasteiger partial charge in [-0.15, -0.1) is 0 Å². The summed E-state index contributed by atoms with van der Waals surface area (Å²) in [6.45, 7) is 3.28. The van der Waals surface area contributed by atoms with Crippen molar-refractivity contribution in [1.29, 1.82) is 0 Å². The highest BCUT2D eigenvalue weighted by Crippen LogP contribution is 2.23. The van der Waals surface area contributed by atoms with Gasteiger partial charge in [0.1, 0.15) is 18.4 Å². The molecular formula is C28H32FN3O4S. The molecule has 0 saturated heterocycles. The number of anilines is 1. The van der Waals surface area contributed by atoms with E-state index in [0.717, 1.165) is 27.3 Å². The highest BCUT2D eigenvalue weighted by Gasteiger charge is 2.32. The molecule has 0 aliphatic carbocycles. The summed E-state index contributed by atoms with van der Waals surface area (Å²) >= 11 is 0. The van der Waals surface area contributed by atoms with Gasteiger partial charge in [0.25, 0.3) is 0 Å². The summed E-state index contributed by atoms with van der Waals surface area (Å²) in [6, 6.07) is 19.1. The van der Waals surface area contributed by atoms with Crippen LogP contribution in [-0.2, 0) is 32.6 Å². The second-order valence-corrected chi connectivity index (χ2v) is 10.9. The van der Waals surface area contributed by atoms with E-state index in [9.17, 15) is 22.4 Å². The first-order chi connectivity index (χ1) is 17.5. The molecule has 37 heavy (non-hydrogen) atoms. The molecule has 0 aliphatic heterocycles. The molecule has 0 aliphatic rings. The minimum absolute atomic E-state index is 0.00540. The van der Waals surface area contributed by atoms with Crippen molar-refractivity contribution < 1.29 is 22.4 Å². The van der Waals surface area contributed by atoms with Crippen LogP contribution in [-0.4, -0.2) is 51.0 Å². The van der Waals surface area contributed by atoms with E-state index in [4.69, 9.17) is 0 Å². The maximum Gasteiger partial charge on any atom is 0.244 e. The first kappa shape index (κ1) is 27.9. The Morgan fingerprint density at radius 3 is 2.14 bits per heavy atom. The summed E-state index contributed by atoms with van der Waals surface area (Å²) in [5, 5.41) is 2.62. The number of aryl methyl sites for hydroxylation is 2. The predicted molar refractivity (Wildman–Crippen MR) is 143 cm³/mol. The van der Waals surface area contributed by atoms with E-state index in [1.54, 1.807) is 18.2 Å². The van der Waals surface area contributed by atoms with Crippen LogP contribution in [0.5, 0.6) is 0 Å². The Labute approximate surface area is 218 Å². The topological polar surface area (TPSA) is 86.8 Å². The highest BCUT2D eigenvalue weighted by molar-refractivity contribution is 7.92. The maximum absolute atomic E-state index is 13.8. The monoisotopic (exact) mass is 525 g/mol. The third-order valence-corrected chi connectivity index (χ3v) is 7.38. The highest BCUT2D eigenvalue weighted by atomic mass is 32.2. The van der Waals surface area contributed by atoms with Crippen LogP contribution in [0.2, 0.25) is 0 Å². The fourth-order valence-electron chi connectivity index (χ4n) is 4.00. The molecule has 2 amide bonds. The SMILES string of the molecule is CNC(=O)[C@@H](Cc1ccccc1)N(Cc1ccc(F)cc1)C(=O)CN(c1ccc(C)c(C)c1)S(C)(=O)=O. The van der Waals surface area contributed by atoms with Gasteiger partial charge in [-0.25, -0.2) is 12.8 Å². The van der Waals surface area contributed by atoms with E-state index in [1.807, 2.05) is 44.2 Å². The minimum Gasteiger partial charge on any atom is -0.357 e. The Hall–Kier alpha value is -3.72. The Morgan fingerprint density at radius 2 is 1.57 bits per heavy atom.